The van der Waals surface area contributed by atoms with Gasteiger partial charge in [0.15, 0.2) is 0 Å². The molecule has 2 N–H and O–H groups in total. The first-order valence-electron chi connectivity index (χ1n) is 7.05. The minimum Gasteiger partial charge on any atom is -0.466 e. The summed E-state index contributed by atoms with van der Waals surface area (Å²) >= 11 is 0. The van der Waals surface area contributed by atoms with E-state index >= 15 is 0 Å². The molecule has 5 heteroatoms. The first kappa shape index (κ1) is 18.7. The quantitative estimate of drug-likeness (QED) is 0.698. The molecule has 0 aliphatic carbocycles. The van der Waals surface area contributed by atoms with Crippen molar-refractivity contribution in [3.05, 3.63) is 0 Å². The van der Waals surface area contributed by atoms with Crippen LogP contribution in [0.2, 0.25) is 0 Å². The molecule has 1 heterocycles. The molecular weight excluding hydrogens is 266 g/mol. The molecule has 1 aliphatic rings. The summed E-state index contributed by atoms with van der Waals surface area (Å²) in [5, 5.41) is 0. The Bertz CT molecular complexity index is 243. The normalized spacial score (nSPS) is 20.1. The van der Waals surface area contributed by atoms with Crippen LogP contribution in [0.3, 0.4) is 0 Å². The maximum atomic E-state index is 11.7. The number of halogens is 1. The molecule has 0 bridgehead atoms. The number of carbonyl (C=O) groups excluding carboxylic acids is 1. The number of rotatable bonds is 8. The van der Waals surface area contributed by atoms with Gasteiger partial charge >= 0.3 is 5.97 Å². The van der Waals surface area contributed by atoms with Crippen LogP contribution in [0.15, 0.2) is 0 Å². The molecular formula is C14H28ClNO3. The molecule has 0 spiro atoms. The van der Waals surface area contributed by atoms with Crippen molar-refractivity contribution in [1.82, 2.24) is 0 Å². The van der Waals surface area contributed by atoms with Gasteiger partial charge in [-0.25, -0.2) is 0 Å². The van der Waals surface area contributed by atoms with Gasteiger partial charge in [0.05, 0.1) is 6.61 Å². The minimum atomic E-state index is -0.106. The first-order valence-corrected chi connectivity index (χ1v) is 7.05. The fourth-order valence-electron chi connectivity index (χ4n) is 2.37. The van der Waals surface area contributed by atoms with E-state index in [1.165, 1.54) is 0 Å². The smallest absolute Gasteiger partial charge is 0.306 e. The summed E-state index contributed by atoms with van der Waals surface area (Å²) in [6.07, 6.45) is 3.46. The van der Waals surface area contributed by atoms with Crippen LogP contribution in [-0.2, 0) is 14.3 Å². The molecule has 2 atom stereocenters. The second-order valence-electron chi connectivity index (χ2n) is 5.67. The molecule has 0 aromatic heterocycles. The van der Waals surface area contributed by atoms with E-state index in [-0.39, 0.29) is 24.3 Å². The van der Waals surface area contributed by atoms with Crippen LogP contribution in [0.1, 0.15) is 39.5 Å². The standard InChI is InChI=1S/C14H27NO3.ClH/c1-11(2)7-13(9-15)8-14(16)18-6-4-12-3-5-17-10-12;/h11-13H,3-10,15H2,1-2H3;1H/t12?,13-;/m0./s1. The summed E-state index contributed by atoms with van der Waals surface area (Å²) in [7, 11) is 0. The van der Waals surface area contributed by atoms with E-state index in [0.29, 0.717) is 31.4 Å². The molecule has 1 unspecified atom stereocenters. The van der Waals surface area contributed by atoms with Crippen LogP contribution in [0, 0.1) is 17.8 Å². The Hall–Kier alpha value is -0.320. The predicted molar refractivity (Wildman–Crippen MR) is 78.4 cm³/mol. The molecule has 114 valence electrons. The van der Waals surface area contributed by atoms with Crippen LogP contribution in [0.4, 0.5) is 0 Å². The summed E-state index contributed by atoms with van der Waals surface area (Å²) < 4.78 is 10.6. The number of nitrogens with two attached hydrogens (primary N) is 1. The molecule has 0 radical (unpaired) electrons. The number of hydrogen-bond donors (Lipinski definition) is 1. The second kappa shape index (κ2) is 10.5. The van der Waals surface area contributed by atoms with Crippen molar-refractivity contribution in [1.29, 1.82) is 0 Å². The van der Waals surface area contributed by atoms with Crippen molar-refractivity contribution < 1.29 is 14.3 Å². The molecule has 0 amide bonds. The van der Waals surface area contributed by atoms with Crippen LogP contribution in [0.5, 0.6) is 0 Å². The van der Waals surface area contributed by atoms with E-state index in [2.05, 4.69) is 13.8 Å². The van der Waals surface area contributed by atoms with E-state index in [1.54, 1.807) is 0 Å². The lowest BCUT2D eigenvalue weighted by Crippen LogP contribution is -2.21. The van der Waals surface area contributed by atoms with Crippen molar-refractivity contribution in [2.75, 3.05) is 26.4 Å². The average molecular weight is 294 g/mol. The molecule has 4 nitrogen and oxygen atoms in total. The predicted octanol–water partition coefficient (Wildman–Crippen LogP) is 2.39. The second-order valence-corrected chi connectivity index (χ2v) is 5.67. The topological polar surface area (TPSA) is 61.6 Å². The third kappa shape index (κ3) is 8.45. The molecule has 1 fully saturated rings. The SMILES string of the molecule is CC(C)C[C@H](CN)CC(=O)OCCC1CCOC1.Cl. The Morgan fingerprint density at radius 3 is 2.74 bits per heavy atom. The minimum absolute atomic E-state index is 0. The molecule has 0 saturated carbocycles. The van der Waals surface area contributed by atoms with Gasteiger partial charge in [-0.1, -0.05) is 13.8 Å². The summed E-state index contributed by atoms with van der Waals surface area (Å²) in [4.78, 5) is 11.7. The van der Waals surface area contributed by atoms with Crippen LogP contribution in [0.25, 0.3) is 0 Å². The Balaban J connectivity index is 0.00000324. The first-order chi connectivity index (χ1) is 8.61. The van der Waals surface area contributed by atoms with E-state index in [4.69, 9.17) is 15.2 Å². The van der Waals surface area contributed by atoms with Crippen molar-refractivity contribution in [3.63, 3.8) is 0 Å². The fraction of sp³-hybridized carbons (Fsp3) is 0.929. The van der Waals surface area contributed by atoms with E-state index in [1.807, 2.05) is 0 Å². The molecule has 1 rings (SSSR count). The highest BCUT2D eigenvalue weighted by molar-refractivity contribution is 5.85. The molecule has 19 heavy (non-hydrogen) atoms. The van der Waals surface area contributed by atoms with Gasteiger partial charge in [0, 0.05) is 19.6 Å². The number of ether oxygens (including phenoxy) is 2. The van der Waals surface area contributed by atoms with Gasteiger partial charge in [-0.2, -0.15) is 0 Å². The zero-order chi connectivity index (χ0) is 13.4. The summed E-state index contributed by atoms with van der Waals surface area (Å²) in [6, 6.07) is 0. The summed E-state index contributed by atoms with van der Waals surface area (Å²) in [5.41, 5.74) is 5.67. The Morgan fingerprint density at radius 1 is 1.47 bits per heavy atom. The van der Waals surface area contributed by atoms with Crippen LogP contribution in [-0.4, -0.2) is 32.3 Å². The molecule has 1 saturated heterocycles. The number of esters is 1. The van der Waals surface area contributed by atoms with Gasteiger partial charge in [-0.3, -0.25) is 4.79 Å². The fourth-order valence-corrected chi connectivity index (χ4v) is 2.37. The summed E-state index contributed by atoms with van der Waals surface area (Å²) in [6.45, 7) is 7.04. The Labute approximate surface area is 122 Å². The van der Waals surface area contributed by atoms with Gasteiger partial charge in [0.2, 0.25) is 0 Å². The largest absolute Gasteiger partial charge is 0.466 e. The van der Waals surface area contributed by atoms with Gasteiger partial charge in [0.25, 0.3) is 0 Å². The van der Waals surface area contributed by atoms with Crippen molar-refractivity contribution in [2.45, 2.75) is 39.5 Å². The third-order valence-corrected chi connectivity index (χ3v) is 3.41. The van der Waals surface area contributed by atoms with Crippen LogP contribution < -0.4 is 5.73 Å². The highest BCUT2D eigenvalue weighted by atomic mass is 35.5. The zero-order valence-corrected chi connectivity index (χ0v) is 12.9. The monoisotopic (exact) mass is 293 g/mol. The van der Waals surface area contributed by atoms with Gasteiger partial charge in [-0.05, 0) is 43.6 Å². The lowest BCUT2D eigenvalue weighted by Gasteiger charge is -2.16. The average Bonchev–Trinajstić information content (AvgIpc) is 2.80. The lowest BCUT2D eigenvalue weighted by molar-refractivity contribution is -0.145. The van der Waals surface area contributed by atoms with Gasteiger partial charge < -0.3 is 15.2 Å². The highest BCUT2D eigenvalue weighted by Gasteiger charge is 2.18. The van der Waals surface area contributed by atoms with E-state index < -0.39 is 0 Å². The van der Waals surface area contributed by atoms with Gasteiger partial charge in [0.1, 0.15) is 0 Å². The van der Waals surface area contributed by atoms with Crippen LogP contribution >= 0.6 is 12.4 Å². The van der Waals surface area contributed by atoms with E-state index in [0.717, 1.165) is 32.5 Å². The Kier molecular flexibility index (Phi) is 10.3. The van der Waals surface area contributed by atoms with Crippen molar-refractivity contribution in [2.24, 2.45) is 23.5 Å². The number of carbonyl (C=O) groups is 1. The lowest BCUT2D eigenvalue weighted by atomic mass is 9.94. The van der Waals surface area contributed by atoms with Gasteiger partial charge in [-0.15, -0.1) is 12.4 Å². The van der Waals surface area contributed by atoms with Crippen molar-refractivity contribution >= 4 is 18.4 Å². The zero-order valence-electron chi connectivity index (χ0n) is 12.1. The third-order valence-electron chi connectivity index (χ3n) is 3.41. The highest BCUT2D eigenvalue weighted by Crippen LogP contribution is 2.17. The van der Waals surface area contributed by atoms with E-state index in [9.17, 15) is 4.79 Å². The number of hydrogen-bond acceptors (Lipinski definition) is 4. The Morgan fingerprint density at radius 2 is 2.21 bits per heavy atom. The maximum absolute atomic E-state index is 11.7. The maximum Gasteiger partial charge on any atom is 0.306 e. The summed E-state index contributed by atoms with van der Waals surface area (Å²) in [5.74, 6) is 1.29. The molecule has 0 aromatic rings. The van der Waals surface area contributed by atoms with Crippen molar-refractivity contribution in [3.8, 4) is 0 Å². The molecule has 1 aliphatic heterocycles. The molecule has 0 aromatic carbocycles.